The van der Waals surface area contributed by atoms with Crippen LogP contribution in [-0.4, -0.2) is 111 Å². The van der Waals surface area contributed by atoms with Gasteiger partial charge in [-0.2, -0.15) is 0 Å². The number of nitrogens with two attached hydrogens (primary N) is 2. The SMILES string of the molecule is C[C@]1(NC(=O)CCCC(=O)N[C@@H](Cc2ccc(O)cc2)C(=O)O)CNCCNC[C@](N)(NCCN)CNCCNC1. The van der Waals surface area contributed by atoms with Gasteiger partial charge in [0.25, 0.3) is 0 Å². The summed E-state index contributed by atoms with van der Waals surface area (Å²) in [4.78, 5) is 36.8. The number of phenolic OH excluding ortho intramolecular Hbond substituents is 1. The number of carbonyl (C=O) groups is 3. The van der Waals surface area contributed by atoms with Gasteiger partial charge in [0.05, 0.1) is 11.2 Å². The number of phenols is 1. The van der Waals surface area contributed by atoms with E-state index < -0.39 is 29.1 Å². The second-order valence-electron chi connectivity index (χ2n) is 10.9. The Labute approximate surface area is 242 Å². The molecule has 0 aliphatic carbocycles. The number of rotatable bonds is 12. The maximum Gasteiger partial charge on any atom is 0.326 e. The van der Waals surface area contributed by atoms with Crippen LogP contribution in [-0.2, 0) is 20.8 Å². The van der Waals surface area contributed by atoms with Crippen molar-refractivity contribution in [3.05, 3.63) is 29.8 Å². The van der Waals surface area contributed by atoms with E-state index in [1.165, 1.54) is 12.1 Å². The third kappa shape index (κ3) is 14.1. The molecule has 232 valence electrons. The highest BCUT2D eigenvalue weighted by atomic mass is 16.4. The molecule has 1 aromatic carbocycles. The lowest BCUT2D eigenvalue weighted by atomic mass is 10.0. The van der Waals surface area contributed by atoms with E-state index in [9.17, 15) is 24.6 Å². The van der Waals surface area contributed by atoms with Crippen molar-refractivity contribution in [2.45, 2.75) is 49.9 Å². The summed E-state index contributed by atoms with van der Waals surface area (Å²) in [6.45, 7) is 8.07. The van der Waals surface area contributed by atoms with Crippen LogP contribution in [0.2, 0.25) is 0 Å². The molecule has 1 saturated heterocycles. The summed E-state index contributed by atoms with van der Waals surface area (Å²) >= 11 is 0. The van der Waals surface area contributed by atoms with Crippen molar-refractivity contribution in [1.82, 2.24) is 37.2 Å². The highest BCUT2D eigenvalue weighted by Crippen LogP contribution is 2.12. The minimum Gasteiger partial charge on any atom is -0.508 e. The first-order valence-corrected chi connectivity index (χ1v) is 14.2. The van der Waals surface area contributed by atoms with Gasteiger partial charge in [-0.3, -0.25) is 14.9 Å². The van der Waals surface area contributed by atoms with Crippen LogP contribution in [0.1, 0.15) is 31.7 Å². The van der Waals surface area contributed by atoms with Crippen LogP contribution in [0.15, 0.2) is 24.3 Å². The molecule has 0 radical (unpaired) electrons. The number of hydrogen-bond acceptors (Lipinski definition) is 11. The van der Waals surface area contributed by atoms with E-state index in [2.05, 4.69) is 37.2 Å². The molecular weight excluding hydrogens is 530 g/mol. The normalized spacial score (nSPS) is 23.6. The molecule has 41 heavy (non-hydrogen) atoms. The molecule has 1 atom stereocenters. The van der Waals surface area contributed by atoms with Crippen molar-refractivity contribution < 1.29 is 24.6 Å². The largest absolute Gasteiger partial charge is 0.508 e. The molecule has 0 bridgehead atoms. The molecular formula is C27H49N9O5. The Hall–Kier alpha value is -2.85. The van der Waals surface area contributed by atoms with Gasteiger partial charge in [0.1, 0.15) is 11.8 Å². The smallest absolute Gasteiger partial charge is 0.326 e. The van der Waals surface area contributed by atoms with E-state index >= 15 is 0 Å². The first kappa shape index (κ1) is 34.4. The van der Waals surface area contributed by atoms with E-state index in [-0.39, 0.29) is 37.3 Å². The lowest BCUT2D eigenvalue weighted by molar-refractivity contribution is -0.141. The van der Waals surface area contributed by atoms with E-state index in [1.54, 1.807) is 12.1 Å². The lowest BCUT2D eigenvalue weighted by Crippen LogP contribution is -2.66. The lowest BCUT2D eigenvalue weighted by Gasteiger charge is -2.34. The van der Waals surface area contributed by atoms with E-state index in [0.29, 0.717) is 71.0 Å². The van der Waals surface area contributed by atoms with Crippen LogP contribution >= 0.6 is 0 Å². The summed E-state index contributed by atoms with van der Waals surface area (Å²) in [6.07, 6.45) is 0.535. The number of nitrogens with one attached hydrogen (secondary N) is 7. The number of aromatic hydroxyl groups is 1. The highest BCUT2D eigenvalue weighted by molar-refractivity contribution is 5.84. The van der Waals surface area contributed by atoms with Crippen LogP contribution in [0.25, 0.3) is 0 Å². The van der Waals surface area contributed by atoms with Crippen molar-refractivity contribution in [3.63, 3.8) is 0 Å². The molecule has 1 aliphatic rings. The van der Waals surface area contributed by atoms with Crippen molar-refractivity contribution in [2.75, 3.05) is 65.4 Å². The molecule has 1 aliphatic heterocycles. The van der Waals surface area contributed by atoms with Crippen LogP contribution in [0, 0.1) is 0 Å². The number of carboxylic acids is 1. The van der Waals surface area contributed by atoms with Crippen LogP contribution in [0.5, 0.6) is 5.75 Å². The summed E-state index contributed by atoms with van der Waals surface area (Å²) in [5.41, 5.74) is 11.6. The number of hydrogen-bond donors (Lipinski definition) is 11. The predicted molar refractivity (Wildman–Crippen MR) is 157 cm³/mol. The molecule has 2 amide bonds. The van der Waals surface area contributed by atoms with Crippen molar-refractivity contribution in [3.8, 4) is 5.75 Å². The summed E-state index contributed by atoms with van der Waals surface area (Å²) in [5.74, 6) is -1.69. The minimum atomic E-state index is -1.15. The van der Waals surface area contributed by atoms with Crippen LogP contribution in [0.4, 0.5) is 0 Å². The number of carbonyl (C=O) groups excluding carboxylic acids is 2. The fraction of sp³-hybridized carbons (Fsp3) is 0.667. The fourth-order valence-corrected chi connectivity index (χ4v) is 4.51. The van der Waals surface area contributed by atoms with Gasteiger partial charge in [0.15, 0.2) is 0 Å². The van der Waals surface area contributed by atoms with Gasteiger partial charge in [-0.1, -0.05) is 12.1 Å². The Morgan fingerprint density at radius 1 is 0.927 bits per heavy atom. The van der Waals surface area contributed by atoms with E-state index in [4.69, 9.17) is 11.5 Å². The number of aliphatic carboxylic acids is 1. The fourth-order valence-electron chi connectivity index (χ4n) is 4.51. The summed E-state index contributed by atoms with van der Waals surface area (Å²) in [5, 5.41) is 41.3. The standard InChI is InChI=1S/C27H49N9O5/c1-26(16-30-11-13-32-18-27(29,34-10-9-28)19-33-14-12-31-17-26)36-24(39)4-2-3-23(38)35-22(25(40)41)15-20-5-7-21(37)8-6-20/h5-8,22,30-34,37H,2-4,9-19,28-29H2,1H3,(H,35,38)(H,36,39)(H,40,41)/t22-,26-,27-/m0/s1. The summed E-state index contributed by atoms with van der Waals surface area (Å²) in [7, 11) is 0. The van der Waals surface area contributed by atoms with Gasteiger partial charge in [-0.15, -0.1) is 0 Å². The van der Waals surface area contributed by atoms with Gasteiger partial charge in [0, 0.05) is 84.7 Å². The van der Waals surface area contributed by atoms with Gasteiger partial charge in [-0.05, 0) is 31.0 Å². The molecule has 13 N–H and O–H groups in total. The molecule has 14 nitrogen and oxygen atoms in total. The zero-order valence-electron chi connectivity index (χ0n) is 24.1. The Balaban J connectivity index is 1.78. The van der Waals surface area contributed by atoms with Gasteiger partial charge >= 0.3 is 5.97 Å². The molecule has 0 aromatic heterocycles. The highest BCUT2D eigenvalue weighted by Gasteiger charge is 2.27. The average molecular weight is 580 g/mol. The first-order chi connectivity index (χ1) is 19.5. The molecule has 0 spiro atoms. The third-order valence-corrected chi connectivity index (χ3v) is 6.75. The minimum absolute atomic E-state index is 0.0279. The van der Waals surface area contributed by atoms with Gasteiger partial charge in [0.2, 0.25) is 11.8 Å². The quantitative estimate of drug-likeness (QED) is 0.112. The number of carboxylic acid groups (broad SMARTS) is 1. The Kier molecular flexibility index (Phi) is 15.0. The van der Waals surface area contributed by atoms with Crippen molar-refractivity contribution >= 4 is 17.8 Å². The second kappa shape index (κ2) is 17.9. The average Bonchev–Trinajstić information content (AvgIpc) is 2.92. The maximum absolute atomic E-state index is 12.8. The monoisotopic (exact) mass is 579 g/mol. The summed E-state index contributed by atoms with van der Waals surface area (Å²) < 4.78 is 0. The van der Waals surface area contributed by atoms with E-state index in [1.807, 2.05) is 6.92 Å². The Bertz CT molecular complexity index is 932. The molecule has 1 fully saturated rings. The Morgan fingerprint density at radius 2 is 1.46 bits per heavy atom. The first-order valence-electron chi connectivity index (χ1n) is 14.2. The van der Waals surface area contributed by atoms with Crippen LogP contribution < -0.4 is 48.7 Å². The van der Waals surface area contributed by atoms with Gasteiger partial charge < -0.3 is 53.6 Å². The zero-order valence-corrected chi connectivity index (χ0v) is 24.1. The maximum atomic E-state index is 12.8. The molecule has 2 rings (SSSR count). The predicted octanol–water partition coefficient (Wildman–Crippen LogP) is -2.88. The molecule has 14 heteroatoms. The Morgan fingerprint density at radius 3 is 2.00 bits per heavy atom. The van der Waals surface area contributed by atoms with Crippen LogP contribution in [0.3, 0.4) is 0 Å². The zero-order chi connectivity index (χ0) is 30.1. The summed E-state index contributed by atoms with van der Waals surface area (Å²) in [6, 6.07) is 5.04. The number of amides is 2. The topological polar surface area (TPSA) is 228 Å². The molecule has 1 heterocycles. The molecule has 0 unspecified atom stereocenters. The number of benzene rings is 1. The second-order valence-corrected chi connectivity index (χ2v) is 10.9. The third-order valence-electron chi connectivity index (χ3n) is 6.75. The van der Waals surface area contributed by atoms with Gasteiger partial charge in [-0.25, -0.2) is 4.79 Å². The van der Waals surface area contributed by atoms with Crippen molar-refractivity contribution in [2.24, 2.45) is 11.5 Å². The molecule has 0 saturated carbocycles. The molecule has 1 aromatic rings. The van der Waals surface area contributed by atoms with E-state index in [0.717, 1.165) is 0 Å². The van der Waals surface area contributed by atoms with Crippen molar-refractivity contribution in [1.29, 1.82) is 0 Å².